The van der Waals surface area contributed by atoms with Gasteiger partial charge in [0.25, 0.3) is 0 Å². The fourth-order valence-corrected chi connectivity index (χ4v) is 1.95. The second kappa shape index (κ2) is 7.01. The highest BCUT2D eigenvalue weighted by Gasteiger charge is 2.16. The number of carbonyl (C=O) groups is 1. The fraction of sp³-hybridized carbons (Fsp3) is 0.583. The van der Waals surface area contributed by atoms with Crippen LogP contribution < -0.4 is 16.6 Å². The molecule has 8 nitrogen and oxygen atoms in total. The maximum absolute atomic E-state index is 12.0. The summed E-state index contributed by atoms with van der Waals surface area (Å²) >= 11 is 0. The first-order valence-corrected chi connectivity index (χ1v) is 6.60. The van der Waals surface area contributed by atoms with E-state index in [0.717, 1.165) is 5.56 Å². The normalized spacial score (nSPS) is 15.0. The summed E-state index contributed by atoms with van der Waals surface area (Å²) in [5.41, 5.74) is 3.30. The van der Waals surface area contributed by atoms with E-state index >= 15 is 0 Å². The van der Waals surface area contributed by atoms with Gasteiger partial charge in [-0.1, -0.05) is 0 Å². The van der Waals surface area contributed by atoms with E-state index < -0.39 is 0 Å². The highest BCUT2D eigenvalue weighted by Crippen LogP contribution is 2.12. The second-order valence-electron chi connectivity index (χ2n) is 4.54. The van der Waals surface area contributed by atoms with Crippen molar-refractivity contribution in [3.63, 3.8) is 0 Å². The first-order chi connectivity index (χ1) is 9.70. The number of nitrogens with two attached hydrogens (primary N) is 1. The Morgan fingerprint density at radius 2 is 2.25 bits per heavy atom. The molecular weight excluding hydrogens is 260 g/mol. The molecule has 0 aliphatic carbocycles. The Morgan fingerprint density at radius 3 is 2.95 bits per heavy atom. The van der Waals surface area contributed by atoms with Gasteiger partial charge in [-0.25, -0.2) is 10.8 Å². The van der Waals surface area contributed by atoms with E-state index in [-0.39, 0.29) is 5.91 Å². The van der Waals surface area contributed by atoms with Gasteiger partial charge in [-0.2, -0.15) is 4.98 Å². The molecule has 0 bridgehead atoms. The van der Waals surface area contributed by atoms with Crippen LogP contribution in [0.25, 0.3) is 0 Å². The van der Waals surface area contributed by atoms with E-state index in [2.05, 4.69) is 20.7 Å². The van der Waals surface area contributed by atoms with Crippen molar-refractivity contribution in [3.8, 4) is 0 Å². The Morgan fingerprint density at radius 1 is 1.50 bits per heavy atom. The van der Waals surface area contributed by atoms with Gasteiger partial charge >= 0.3 is 0 Å². The minimum atomic E-state index is 0.129. The van der Waals surface area contributed by atoms with E-state index in [9.17, 15) is 4.79 Å². The van der Waals surface area contributed by atoms with Crippen molar-refractivity contribution in [2.24, 2.45) is 5.84 Å². The molecule has 2 rings (SSSR count). The average molecular weight is 280 g/mol. The van der Waals surface area contributed by atoms with Crippen molar-refractivity contribution in [3.05, 3.63) is 11.8 Å². The summed E-state index contributed by atoms with van der Waals surface area (Å²) in [6.45, 7) is 5.01. The fourth-order valence-electron chi connectivity index (χ4n) is 1.95. The number of hydrazine groups is 1. The van der Waals surface area contributed by atoms with Gasteiger partial charge in [0.15, 0.2) is 0 Å². The van der Waals surface area contributed by atoms with Crippen molar-refractivity contribution < 1.29 is 9.53 Å². The zero-order valence-electron chi connectivity index (χ0n) is 11.6. The van der Waals surface area contributed by atoms with Gasteiger partial charge < -0.3 is 15.0 Å². The number of carbonyl (C=O) groups excluding carboxylic acids is 1. The summed E-state index contributed by atoms with van der Waals surface area (Å²) < 4.78 is 5.22. The molecule has 0 spiro atoms. The molecule has 0 unspecified atom stereocenters. The summed E-state index contributed by atoms with van der Waals surface area (Å²) in [4.78, 5) is 22.0. The molecule has 20 heavy (non-hydrogen) atoms. The highest BCUT2D eigenvalue weighted by atomic mass is 16.5. The summed E-state index contributed by atoms with van der Waals surface area (Å²) in [5, 5.41) is 3.13. The first kappa shape index (κ1) is 14.5. The lowest BCUT2D eigenvalue weighted by Gasteiger charge is -2.26. The third kappa shape index (κ3) is 3.78. The Balaban J connectivity index is 1.81. The molecule has 0 saturated carbocycles. The van der Waals surface area contributed by atoms with Crippen LogP contribution in [0.1, 0.15) is 12.0 Å². The average Bonchev–Trinajstić information content (AvgIpc) is 2.50. The van der Waals surface area contributed by atoms with Crippen LogP contribution in [-0.2, 0) is 9.53 Å². The number of aryl methyl sites for hydroxylation is 1. The third-order valence-electron chi connectivity index (χ3n) is 3.10. The highest BCUT2D eigenvalue weighted by molar-refractivity contribution is 5.76. The van der Waals surface area contributed by atoms with Gasteiger partial charge in [-0.3, -0.25) is 10.2 Å². The zero-order chi connectivity index (χ0) is 14.4. The zero-order valence-corrected chi connectivity index (χ0v) is 11.6. The number of nitrogen functional groups attached to an aromatic ring is 1. The van der Waals surface area contributed by atoms with Crippen molar-refractivity contribution in [1.82, 2.24) is 14.9 Å². The number of anilines is 2. The van der Waals surface area contributed by atoms with E-state index in [0.29, 0.717) is 51.0 Å². The molecule has 0 aromatic carbocycles. The molecule has 4 N–H and O–H groups in total. The van der Waals surface area contributed by atoms with Crippen LogP contribution in [0.5, 0.6) is 0 Å². The lowest BCUT2D eigenvalue weighted by atomic mass is 10.3. The molecule has 0 atom stereocenters. The molecule has 1 saturated heterocycles. The smallest absolute Gasteiger partial charge is 0.239 e. The van der Waals surface area contributed by atoms with Gasteiger partial charge in [0.05, 0.1) is 13.2 Å². The van der Waals surface area contributed by atoms with Gasteiger partial charge in [-0.15, -0.1) is 0 Å². The lowest BCUT2D eigenvalue weighted by Crippen LogP contribution is -2.41. The van der Waals surface area contributed by atoms with Crippen LogP contribution >= 0.6 is 0 Å². The van der Waals surface area contributed by atoms with Gasteiger partial charge in [-0.05, 0) is 6.92 Å². The molecule has 1 aliphatic rings. The van der Waals surface area contributed by atoms with E-state index in [1.54, 1.807) is 6.20 Å². The number of morpholine rings is 1. The molecule has 1 aromatic rings. The van der Waals surface area contributed by atoms with Gasteiger partial charge in [0, 0.05) is 37.8 Å². The molecule has 1 aliphatic heterocycles. The summed E-state index contributed by atoms with van der Waals surface area (Å²) in [6.07, 6.45) is 2.10. The Hall–Kier alpha value is -1.93. The summed E-state index contributed by atoms with van der Waals surface area (Å²) in [5.74, 6) is 6.43. The van der Waals surface area contributed by atoms with E-state index in [1.165, 1.54) is 0 Å². The summed E-state index contributed by atoms with van der Waals surface area (Å²) in [7, 11) is 0. The number of amides is 1. The monoisotopic (exact) mass is 280 g/mol. The van der Waals surface area contributed by atoms with Crippen LogP contribution in [0.4, 0.5) is 11.8 Å². The maximum atomic E-state index is 12.0. The largest absolute Gasteiger partial charge is 0.378 e. The SMILES string of the molecule is Cc1cnc(NN)nc1NCCC(=O)N1CCOCC1. The minimum absolute atomic E-state index is 0.129. The number of ether oxygens (including phenoxy) is 1. The molecule has 2 heterocycles. The van der Waals surface area contributed by atoms with Crippen molar-refractivity contribution >= 4 is 17.7 Å². The molecule has 8 heteroatoms. The van der Waals surface area contributed by atoms with Crippen molar-refractivity contribution in [2.75, 3.05) is 43.6 Å². The Kier molecular flexibility index (Phi) is 5.08. The first-order valence-electron chi connectivity index (χ1n) is 6.60. The van der Waals surface area contributed by atoms with Gasteiger partial charge in [0.2, 0.25) is 11.9 Å². The number of aromatic nitrogens is 2. The van der Waals surface area contributed by atoms with Crippen LogP contribution in [0.3, 0.4) is 0 Å². The Bertz CT molecular complexity index is 461. The maximum Gasteiger partial charge on any atom is 0.239 e. The minimum Gasteiger partial charge on any atom is -0.378 e. The predicted octanol–water partition coefficient (Wildman–Crippen LogP) is -0.269. The quantitative estimate of drug-likeness (QED) is 0.503. The molecule has 1 fully saturated rings. The second-order valence-corrected chi connectivity index (χ2v) is 4.54. The topological polar surface area (TPSA) is 105 Å². The number of hydrogen-bond acceptors (Lipinski definition) is 7. The van der Waals surface area contributed by atoms with Crippen LogP contribution in [0.15, 0.2) is 6.20 Å². The van der Waals surface area contributed by atoms with E-state index in [4.69, 9.17) is 10.6 Å². The predicted molar refractivity (Wildman–Crippen MR) is 75.1 cm³/mol. The molecule has 1 amide bonds. The molecule has 0 radical (unpaired) electrons. The lowest BCUT2D eigenvalue weighted by molar-refractivity contribution is -0.134. The third-order valence-corrected chi connectivity index (χ3v) is 3.10. The Labute approximate surface area is 117 Å². The van der Waals surface area contributed by atoms with Crippen LogP contribution in [0.2, 0.25) is 0 Å². The molecular formula is C12H20N6O2. The van der Waals surface area contributed by atoms with E-state index in [1.807, 2.05) is 11.8 Å². The van der Waals surface area contributed by atoms with Crippen LogP contribution in [-0.4, -0.2) is 53.6 Å². The summed E-state index contributed by atoms with van der Waals surface area (Å²) in [6, 6.07) is 0. The number of nitrogens with zero attached hydrogens (tertiary/aromatic N) is 3. The number of nitrogens with one attached hydrogen (secondary N) is 2. The number of rotatable bonds is 5. The van der Waals surface area contributed by atoms with Crippen molar-refractivity contribution in [2.45, 2.75) is 13.3 Å². The molecule has 1 aromatic heterocycles. The van der Waals surface area contributed by atoms with Crippen LogP contribution in [0, 0.1) is 6.92 Å². The molecule has 110 valence electrons. The van der Waals surface area contributed by atoms with Crippen molar-refractivity contribution in [1.29, 1.82) is 0 Å². The standard InChI is InChI=1S/C12H20N6O2/c1-9-8-15-12(17-13)16-11(9)14-3-2-10(19)18-4-6-20-7-5-18/h8H,2-7,13H2,1H3,(H2,14,15,16,17). The number of hydrogen-bond donors (Lipinski definition) is 3. The van der Waals surface area contributed by atoms with Gasteiger partial charge in [0.1, 0.15) is 5.82 Å².